The Morgan fingerprint density at radius 3 is 2.64 bits per heavy atom. The molecule has 1 aliphatic carbocycles. The maximum atomic E-state index is 13.4. The van der Waals surface area contributed by atoms with Gasteiger partial charge in [-0.1, -0.05) is 12.1 Å². The molecule has 0 atom stereocenters. The Bertz CT molecular complexity index is 1110. The van der Waals surface area contributed by atoms with E-state index in [-0.39, 0.29) is 22.6 Å². The summed E-state index contributed by atoms with van der Waals surface area (Å²) < 4.78 is 28.3. The van der Waals surface area contributed by atoms with Gasteiger partial charge in [-0.2, -0.15) is 4.31 Å². The van der Waals surface area contributed by atoms with E-state index in [4.69, 9.17) is 0 Å². The van der Waals surface area contributed by atoms with Gasteiger partial charge >= 0.3 is 0 Å². The molecule has 2 aliphatic heterocycles. The molecule has 2 amide bonds. The molecular formula is C20H21N3O4S. The number of sulfonamides is 1. The van der Waals surface area contributed by atoms with E-state index < -0.39 is 10.0 Å². The first-order valence-electron chi connectivity index (χ1n) is 9.63. The molecule has 0 spiro atoms. The standard InChI is InChI=1S/C20H21N3O4S/c24-19-15-4-1-3-14-17(8-7-16(21-19)18(14)15)28(26,27)23-10-2-9-22(11-12-23)20(25)13-5-6-13/h1,3-4,7-8,13H,2,5-6,9-12H2,(H,21,24). The van der Waals surface area contributed by atoms with Crippen LogP contribution in [-0.2, 0) is 14.8 Å². The number of amides is 2. The van der Waals surface area contributed by atoms with Crippen molar-refractivity contribution in [1.29, 1.82) is 0 Å². The predicted molar refractivity (Wildman–Crippen MR) is 105 cm³/mol. The zero-order valence-corrected chi connectivity index (χ0v) is 16.2. The Morgan fingerprint density at radius 2 is 1.86 bits per heavy atom. The molecule has 28 heavy (non-hydrogen) atoms. The van der Waals surface area contributed by atoms with Crippen molar-refractivity contribution < 1.29 is 18.0 Å². The summed E-state index contributed by atoms with van der Waals surface area (Å²) >= 11 is 0. The van der Waals surface area contributed by atoms with E-state index >= 15 is 0 Å². The lowest BCUT2D eigenvalue weighted by Crippen LogP contribution is -2.38. The molecule has 2 aromatic rings. The zero-order valence-electron chi connectivity index (χ0n) is 15.3. The Balaban J connectivity index is 1.49. The van der Waals surface area contributed by atoms with Crippen LogP contribution in [-0.4, -0.2) is 55.6 Å². The monoisotopic (exact) mass is 399 g/mol. The van der Waals surface area contributed by atoms with Crippen LogP contribution >= 0.6 is 0 Å². The van der Waals surface area contributed by atoms with Crippen molar-refractivity contribution in [2.45, 2.75) is 24.2 Å². The third-order valence-corrected chi connectivity index (χ3v) is 7.76. The number of anilines is 1. The van der Waals surface area contributed by atoms with Crippen molar-refractivity contribution in [1.82, 2.24) is 9.21 Å². The zero-order chi connectivity index (χ0) is 19.5. The first-order valence-corrected chi connectivity index (χ1v) is 11.1. The fraction of sp³-hybridized carbons (Fsp3) is 0.400. The van der Waals surface area contributed by atoms with Gasteiger partial charge in [0.1, 0.15) is 0 Å². The molecule has 0 unspecified atom stereocenters. The minimum atomic E-state index is -3.73. The van der Waals surface area contributed by atoms with E-state index in [1.807, 2.05) is 4.90 Å². The second-order valence-corrected chi connectivity index (χ2v) is 9.56. The Hall–Kier alpha value is -2.45. The van der Waals surface area contributed by atoms with Crippen molar-refractivity contribution in [3.63, 3.8) is 0 Å². The molecule has 7 nitrogen and oxygen atoms in total. The maximum Gasteiger partial charge on any atom is 0.256 e. The Kier molecular flexibility index (Phi) is 3.96. The molecule has 5 rings (SSSR count). The Morgan fingerprint density at radius 1 is 1.04 bits per heavy atom. The molecule has 0 radical (unpaired) electrons. The molecule has 8 heteroatoms. The molecule has 0 aromatic heterocycles. The molecule has 1 saturated carbocycles. The Labute approximate surface area is 163 Å². The summed E-state index contributed by atoms with van der Waals surface area (Å²) in [6.45, 7) is 1.71. The summed E-state index contributed by atoms with van der Waals surface area (Å²) in [5, 5.41) is 4.00. The van der Waals surface area contributed by atoms with Gasteiger partial charge in [0.15, 0.2) is 0 Å². The lowest BCUT2D eigenvalue weighted by atomic mass is 10.1. The highest BCUT2D eigenvalue weighted by atomic mass is 32.2. The SMILES string of the molecule is O=C1Nc2ccc(S(=O)(=O)N3CCCN(C(=O)C4CC4)CC3)c3cccc1c23. The molecule has 1 saturated heterocycles. The average Bonchev–Trinajstić information content (AvgIpc) is 3.50. The van der Waals surface area contributed by atoms with Crippen LogP contribution in [0.2, 0.25) is 0 Å². The fourth-order valence-electron chi connectivity index (χ4n) is 4.17. The largest absolute Gasteiger partial charge is 0.341 e. The fourth-order valence-corrected chi connectivity index (χ4v) is 5.83. The summed E-state index contributed by atoms with van der Waals surface area (Å²) in [5.74, 6) is 0.0954. The summed E-state index contributed by atoms with van der Waals surface area (Å²) in [6, 6.07) is 8.39. The van der Waals surface area contributed by atoms with E-state index in [9.17, 15) is 18.0 Å². The highest BCUT2D eigenvalue weighted by Gasteiger charge is 2.36. The third-order valence-electron chi connectivity index (χ3n) is 5.80. The predicted octanol–water partition coefficient (Wildman–Crippen LogP) is 2.04. The summed E-state index contributed by atoms with van der Waals surface area (Å²) in [5.41, 5.74) is 1.15. The highest BCUT2D eigenvalue weighted by Crippen LogP contribution is 2.37. The number of carbonyl (C=O) groups excluding carboxylic acids is 2. The number of hydrogen-bond donors (Lipinski definition) is 1. The first kappa shape index (κ1) is 17.6. The van der Waals surface area contributed by atoms with E-state index in [0.29, 0.717) is 54.6 Å². The molecule has 2 aromatic carbocycles. The molecule has 2 fully saturated rings. The second kappa shape index (κ2) is 6.28. The van der Waals surface area contributed by atoms with Crippen LogP contribution in [0.4, 0.5) is 5.69 Å². The van der Waals surface area contributed by atoms with Gasteiger partial charge in [-0.3, -0.25) is 9.59 Å². The number of hydrogen-bond acceptors (Lipinski definition) is 4. The van der Waals surface area contributed by atoms with Gasteiger partial charge in [0.05, 0.1) is 4.90 Å². The third kappa shape index (κ3) is 2.70. The molecule has 146 valence electrons. The number of nitrogens with one attached hydrogen (secondary N) is 1. The molecule has 0 bridgehead atoms. The highest BCUT2D eigenvalue weighted by molar-refractivity contribution is 7.89. The molecule has 1 N–H and O–H groups in total. The van der Waals surface area contributed by atoms with E-state index in [1.54, 1.807) is 30.3 Å². The minimum Gasteiger partial charge on any atom is -0.341 e. The van der Waals surface area contributed by atoms with E-state index in [0.717, 1.165) is 12.8 Å². The average molecular weight is 399 g/mol. The summed E-state index contributed by atoms with van der Waals surface area (Å²) in [7, 11) is -3.73. The van der Waals surface area contributed by atoms with Crippen LogP contribution in [0.15, 0.2) is 35.2 Å². The van der Waals surface area contributed by atoms with Gasteiger partial charge in [-0.25, -0.2) is 8.42 Å². The van der Waals surface area contributed by atoms with Crippen molar-refractivity contribution in [3.8, 4) is 0 Å². The van der Waals surface area contributed by atoms with Gasteiger partial charge in [0, 0.05) is 54.1 Å². The molecule has 2 heterocycles. The topological polar surface area (TPSA) is 86.8 Å². The van der Waals surface area contributed by atoms with Crippen molar-refractivity contribution in [2.75, 3.05) is 31.5 Å². The smallest absolute Gasteiger partial charge is 0.256 e. The van der Waals surface area contributed by atoms with Crippen LogP contribution in [0.25, 0.3) is 10.8 Å². The molecule has 3 aliphatic rings. The van der Waals surface area contributed by atoms with E-state index in [1.165, 1.54) is 4.31 Å². The van der Waals surface area contributed by atoms with Crippen molar-refractivity contribution in [2.24, 2.45) is 5.92 Å². The van der Waals surface area contributed by atoms with Gasteiger partial charge < -0.3 is 10.2 Å². The summed E-state index contributed by atoms with van der Waals surface area (Å²) in [6.07, 6.45) is 2.52. The van der Waals surface area contributed by atoms with Gasteiger partial charge in [0.2, 0.25) is 15.9 Å². The number of carbonyl (C=O) groups is 2. The van der Waals surface area contributed by atoms with Crippen LogP contribution < -0.4 is 5.32 Å². The minimum absolute atomic E-state index is 0.143. The molecular weight excluding hydrogens is 378 g/mol. The van der Waals surface area contributed by atoms with Crippen LogP contribution in [0.1, 0.15) is 29.6 Å². The number of nitrogens with zero attached hydrogens (tertiary/aromatic N) is 2. The van der Waals surface area contributed by atoms with Crippen molar-refractivity contribution >= 4 is 38.3 Å². The lowest BCUT2D eigenvalue weighted by Gasteiger charge is -2.22. The van der Waals surface area contributed by atoms with Gasteiger partial charge in [-0.05, 0) is 37.5 Å². The summed E-state index contributed by atoms with van der Waals surface area (Å²) in [4.78, 5) is 26.5. The number of rotatable bonds is 3. The normalized spacial score (nSPS) is 20.3. The van der Waals surface area contributed by atoms with Crippen LogP contribution in [0, 0.1) is 5.92 Å². The first-order chi connectivity index (χ1) is 13.5. The lowest BCUT2D eigenvalue weighted by molar-refractivity contribution is -0.132. The quantitative estimate of drug-likeness (QED) is 0.856. The van der Waals surface area contributed by atoms with Crippen molar-refractivity contribution in [3.05, 3.63) is 35.9 Å². The maximum absolute atomic E-state index is 13.4. The van der Waals surface area contributed by atoms with E-state index in [2.05, 4.69) is 5.32 Å². The van der Waals surface area contributed by atoms with Gasteiger partial charge in [0.25, 0.3) is 5.91 Å². The van der Waals surface area contributed by atoms with Crippen LogP contribution in [0.5, 0.6) is 0 Å². The van der Waals surface area contributed by atoms with Gasteiger partial charge in [-0.15, -0.1) is 0 Å². The second-order valence-electron chi connectivity index (χ2n) is 7.65. The number of benzene rings is 2. The van der Waals surface area contributed by atoms with Crippen LogP contribution in [0.3, 0.4) is 0 Å².